The summed E-state index contributed by atoms with van der Waals surface area (Å²) in [4.78, 5) is 5.33. The van der Waals surface area contributed by atoms with E-state index in [1.165, 1.54) is 35.9 Å². The first-order chi connectivity index (χ1) is 11.6. The molecule has 2 N–H and O–H groups in total. The SMILES string of the molecule is Cc1ccc(C)n1CC[NH+]1CCN(C(=S)NCc2cccs2)CC1. The summed E-state index contributed by atoms with van der Waals surface area (Å²) in [7, 11) is 0. The Morgan fingerprint density at radius 1 is 1.21 bits per heavy atom. The van der Waals surface area contributed by atoms with Crippen LogP contribution >= 0.6 is 23.6 Å². The lowest BCUT2D eigenvalue weighted by Crippen LogP contribution is -3.15. The van der Waals surface area contributed by atoms with Crippen molar-refractivity contribution >= 4 is 28.7 Å². The highest BCUT2D eigenvalue weighted by Crippen LogP contribution is 2.08. The van der Waals surface area contributed by atoms with Crippen molar-refractivity contribution in [3.05, 3.63) is 45.9 Å². The highest BCUT2D eigenvalue weighted by molar-refractivity contribution is 7.80. The molecule has 0 aromatic carbocycles. The van der Waals surface area contributed by atoms with Gasteiger partial charge in [0.25, 0.3) is 0 Å². The first kappa shape index (κ1) is 17.5. The molecule has 1 fully saturated rings. The minimum atomic E-state index is 0.843. The van der Waals surface area contributed by atoms with Gasteiger partial charge in [0, 0.05) is 16.3 Å². The van der Waals surface area contributed by atoms with Crippen molar-refractivity contribution in [2.24, 2.45) is 0 Å². The van der Waals surface area contributed by atoms with E-state index >= 15 is 0 Å². The summed E-state index contributed by atoms with van der Waals surface area (Å²) in [6.07, 6.45) is 0. The zero-order chi connectivity index (χ0) is 16.9. The van der Waals surface area contributed by atoms with Crippen LogP contribution < -0.4 is 10.2 Å². The normalized spacial score (nSPS) is 15.7. The van der Waals surface area contributed by atoms with Crippen molar-refractivity contribution in [2.45, 2.75) is 26.9 Å². The molecule has 0 amide bonds. The maximum atomic E-state index is 5.56. The molecule has 0 spiro atoms. The Balaban J connectivity index is 1.40. The van der Waals surface area contributed by atoms with Gasteiger partial charge in [-0.3, -0.25) is 0 Å². The second-order valence-corrected chi connectivity index (χ2v) is 7.91. The number of nitrogens with zero attached hydrogens (tertiary/aromatic N) is 2. The Morgan fingerprint density at radius 3 is 2.54 bits per heavy atom. The van der Waals surface area contributed by atoms with Gasteiger partial charge in [0.1, 0.15) is 0 Å². The van der Waals surface area contributed by atoms with Crippen LogP contribution in [-0.2, 0) is 13.1 Å². The highest BCUT2D eigenvalue weighted by atomic mass is 32.1. The van der Waals surface area contributed by atoms with Crippen molar-refractivity contribution in [3.63, 3.8) is 0 Å². The Hall–Kier alpha value is -1.37. The number of hydrogen-bond acceptors (Lipinski definition) is 2. The summed E-state index contributed by atoms with van der Waals surface area (Å²) >= 11 is 7.33. The topological polar surface area (TPSA) is 24.6 Å². The number of piperazine rings is 1. The molecule has 3 rings (SSSR count). The van der Waals surface area contributed by atoms with Gasteiger partial charge in [0.05, 0.1) is 45.8 Å². The minimum absolute atomic E-state index is 0.843. The molecule has 2 aromatic rings. The average molecular weight is 364 g/mol. The van der Waals surface area contributed by atoms with Crippen LogP contribution in [-0.4, -0.2) is 47.3 Å². The van der Waals surface area contributed by atoms with Gasteiger partial charge < -0.3 is 19.7 Å². The van der Waals surface area contributed by atoms with Crippen LogP contribution in [0.5, 0.6) is 0 Å². The van der Waals surface area contributed by atoms with E-state index in [2.05, 4.69) is 58.3 Å². The third kappa shape index (κ3) is 4.37. The summed E-state index contributed by atoms with van der Waals surface area (Å²) in [5.74, 6) is 0. The molecule has 1 aliphatic rings. The molecule has 130 valence electrons. The highest BCUT2D eigenvalue weighted by Gasteiger charge is 2.21. The molecular weight excluding hydrogens is 336 g/mol. The molecule has 3 heterocycles. The van der Waals surface area contributed by atoms with Gasteiger partial charge in [-0.1, -0.05) is 6.07 Å². The predicted octanol–water partition coefficient (Wildman–Crippen LogP) is 1.44. The zero-order valence-electron chi connectivity index (χ0n) is 14.5. The van der Waals surface area contributed by atoms with Crippen LogP contribution in [0.2, 0.25) is 0 Å². The van der Waals surface area contributed by atoms with Crippen molar-refractivity contribution in [3.8, 4) is 0 Å². The van der Waals surface area contributed by atoms with Crippen LogP contribution in [0.25, 0.3) is 0 Å². The van der Waals surface area contributed by atoms with Gasteiger partial charge in [0.15, 0.2) is 5.11 Å². The fraction of sp³-hybridized carbons (Fsp3) is 0.500. The number of aryl methyl sites for hydroxylation is 2. The van der Waals surface area contributed by atoms with Crippen molar-refractivity contribution in [1.29, 1.82) is 0 Å². The maximum Gasteiger partial charge on any atom is 0.169 e. The number of thiocarbonyl (C=S) groups is 1. The molecule has 4 nitrogen and oxygen atoms in total. The maximum absolute atomic E-state index is 5.56. The number of rotatable bonds is 5. The summed E-state index contributed by atoms with van der Waals surface area (Å²) in [5.41, 5.74) is 2.73. The van der Waals surface area contributed by atoms with Gasteiger partial charge in [-0.15, -0.1) is 11.3 Å². The molecule has 0 saturated carbocycles. The van der Waals surface area contributed by atoms with Gasteiger partial charge >= 0.3 is 0 Å². The fourth-order valence-corrected chi connectivity index (χ4v) is 4.18. The first-order valence-corrected chi connectivity index (χ1v) is 9.94. The Kier molecular flexibility index (Phi) is 5.92. The fourth-order valence-electron chi connectivity index (χ4n) is 3.29. The smallest absolute Gasteiger partial charge is 0.169 e. The van der Waals surface area contributed by atoms with Crippen LogP contribution in [0.1, 0.15) is 16.3 Å². The molecule has 2 aromatic heterocycles. The van der Waals surface area contributed by atoms with Crippen LogP contribution in [0.3, 0.4) is 0 Å². The van der Waals surface area contributed by atoms with E-state index in [9.17, 15) is 0 Å². The zero-order valence-corrected chi connectivity index (χ0v) is 16.2. The number of thiophene rings is 1. The van der Waals surface area contributed by atoms with E-state index in [4.69, 9.17) is 12.2 Å². The van der Waals surface area contributed by atoms with Crippen LogP contribution in [0.4, 0.5) is 0 Å². The van der Waals surface area contributed by atoms with Gasteiger partial charge in [0.2, 0.25) is 0 Å². The molecule has 0 radical (unpaired) electrons. The molecule has 0 aliphatic carbocycles. The second-order valence-electron chi connectivity index (χ2n) is 6.49. The number of aromatic nitrogens is 1. The molecular formula is C18H27N4S2+. The predicted molar refractivity (Wildman–Crippen MR) is 105 cm³/mol. The van der Waals surface area contributed by atoms with Crippen molar-refractivity contribution in [2.75, 3.05) is 32.7 Å². The summed E-state index contributed by atoms with van der Waals surface area (Å²) in [5, 5.41) is 6.40. The minimum Gasteiger partial charge on any atom is -0.358 e. The Labute approximate surface area is 154 Å². The number of hydrogen-bond donors (Lipinski definition) is 2. The summed E-state index contributed by atoms with van der Waals surface area (Å²) < 4.78 is 2.42. The summed E-state index contributed by atoms with van der Waals surface area (Å²) in [6, 6.07) is 8.65. The monoisotopic (exact) mass is 363 g/mol. The van der Waals surface area contributed by atoms with E-state index in [1.54, 1.807) is 16.2 Å². The average Bonchev–Trinajstić information content (AvgIpc) is 3.22. The third-order valence-corrected chi connectivity index (χ3v) is 6.14. The first-order valence-electron chi connectivity index (χ1n) is 8.65. The number of quaternary nitrogens is 1. The van der Waals surface area contributed by atoms with E-state index in [0.717, 1.165) is 31.3 Å². The van der Waals surface area contributed by atoms with Gasteiger partial charge in [-0.2, -0.15) is 0 Å². The lowest BCUT2D eigenvalue weighted by atomic mass is 10.3. The third-order valence-electron chi connectivity index (χ3n) is 4.86. The van der Waals surface area contributed by atoms with E-state index in [1.807, 2.05) is 0 Å². The van der Waals surface area contributed by atoms with Crippen molar-refractivity contribution < 1.29 is 4.90 Å². The molecule has 0 atom stereocenters. The van der Waals surface area contributed by atoms with E-state index < -0.39 is 0 Å². The molecule has 0 bridgehead atoms. The van der Waals surface area contributed by atoms with Gasteiger partial charge in [-0.05, 0) is 49.6 Å². The Morgan fingerprint density at radius 2 is 1.92 bits per heavy atom. The molecule has 6 heteroatoms. The molecule has 1 saturated heterocycles. The van der Waals surface area contributed by atoms with Crippen LogP contribution in [0.15, 0.2) is 29.6 Å². The van der Waals surface area contributed by atoms with Crippen molar-refractivity contribution in [1.82, 2.24) is 14.8 Å². The standard InChI is InChI=1S/C18H26N4S2/c1-15-5-6-16(2)22(15)12-9-20-7-10-21(11-8-20)18(23)19-14-17-4-3-13-24-17/h3-6,13H,7-12,14H2,1-2H3,(H,19,23)/p+1. The lowest BCUT2D eigenvalue weighted by Gasteiger charge is -2.34. The van der Waals surface area contributed by atoms with E-state index in [0.29, 0.717) is 0 Å². The van der Waals surface area contributed by atoms with Gasteiger partial charge in [-0.25, -0.2) is 0 Å². The van der Waals surface area contributed by atoms with E-state index in [-0.39, 0.29) is 0 Å². The quantitative estimate of drug-likeness (QED) is 0.787. The summed E-state index contributed by atoms with van der Waals surface area (Å²) in [6.45, 7) is 12.0. The van der Waals surface area contributed by atoms with Crippen LogP contribution in [0, 0.1) is 13.8 Å². The Bertz CT molecular complexity index is 635. The lowest BCUT2D eigenvalue weighted by molar-refractivity contribution is -0.904. The number of nitrogens with one attached hydrogen (secondary N) is 2. The largest absolute Gasteiger partial charge is 0.358 e. The molecule has 1 aliphatic heterocycles. The molecule has 24 heavy (non-hydrogen) atoms. The molecule has 0 unspecified atom stereocenters. The second kappa shape index (κ2) is 8.14.